The fourth-order valence-corrected chi connectivity index (χ4v) is 4.82. The average molecular weight is 514 g/mol. The van der Waals surface area contributed by atoms with Crippen LogP contribution < -0.4 is 4.90 Å². The summed E-state index contributed by atoms with van der Waals surface area (Å²) in [6.07, 6.45) is 0. The van der Waals surface area contributed by atoms with Gasteiger partial charge in [0.25, 0.3) is 11.5 Å². The lowest BCUT2D eigenvalue weighted by atomic mass is 9.95. The van der Waals surface area contributed by atoms with Crippen molar-refractivity contribution < 1.29 is 29.2 Å². The number of amides is 1. The molecule has 1 N–H and O–H groups in total. The molecule has 35 heavy (non-hydrogen) atoms. The van der Waals surface area contributed by atoms with Crippen molar-refractivity contribution in [2.24, 2.45) is 0 Å². The smallest absolute Gasteiger partial charge is 0.350 e. The molecule has 1 aliphatic rings. The number of nitro benzene ring substituents is 1. The van der Waals surface area contributed by atoms with E-state index in [1.54, 1.807) is 6.92 Å². The van der Waals surface area contributed by atoms with Gasteiger partial charge < -0.3 is 9.84 Å². The number of carbonyl (C=O) groups excluding carboxylic acids is 3. The number of carbonyl (C=O) groups is 3. The Bertz CT molecular complexity index is 1410. The van der Waals surface area contributed by atoms with Crippen LogP contribution in [0.5, 0.6) is 0 Å². The highest BCUT2D eigenvalue weighted by Crippen LogP contribution is 2.44. The molecule has 1 saturated heterocycles. The third kappa shape index (κ3) is 4.27. The predicted octanol–water partition coefficient (Wildman–Crippen LogP) is 4.43. The van der Waals surface area contributed by atoms with Crippen LogP contribution in [-0.4, -0.2) is 39.8 Å². The Balaban J connectivity index is 1.96. The number of nitro groups is 1. The maximum absolute atomic E-state index is 13.2. The Morgan fingerprint density at radius 3 is 2.54 bits per heavy atom. The van der Waals surface area contributed by atoms with Gasteiger partial charge in [-0.25, -0.2) is 9.78 Å². The first-order valence-electron chi connectivity index (χ1n) is 10.0. The van der Waals surface area contributed by atoms with E-state index < -0.39 is 34.4 Å². The first-order chi connectivity index (χ1) is 16.6. The van der Waals surface area contributed by atoms with E-state index in [9.17, 15) is 29.6 Å². The number of hydrogen-bond acceptors (Lipinski definition) is 9. The number of thiazole rings is 1. The van der Waals surface area contributed by atoms with Gasteiger partial charge in [0.05, 0.1) is 29.3 Å². The van der Waals surface area contributed by atoms with Gasteiger partial charge in [0.2, 0.25) is 0 Å². The lowest BCUT2D eigenvalue weighted by Gasteiger charge is -2.22. The molecule has 0 bridgehead atoms. The van der Waals surface area contributed by atoms with Gasteiger partial charge >= 0.3 is 11.9 Å². The van der Waals surface area contributed by atoms with Gasteiger partial charge in [-0.1, -0.05) is 35.1 Å². The highest BCUT2D eigenvalue weighted by Gasteiger charge is 2.48. The maximum Gasteiger partial charge on any atom is 0.350 e. The molecule has 4 rings (SSSR count). The van der Waals surface area contributed by atoms with Crippen molar-refractivity contribution in [3.8, 4) is 0 Å². The number of methoxy groups -OCH3 is 1. The number of Topliss-reactive ketones (excluding diaryl/α,β-unsaturated/α-hetero) is 1. The van der Waals surface area contributed by atoms with Crippen molar-refractivity contribution >= 4 is 57.2 Å². The van der Waals surface area contributed by atoms with Crippen molar-refractivity contribution in [2.45, 2.75) is 13.0 Å². The van der Waals surface area contributed by atoms with Crippen molar-refractivity contribution in [1.29, 1.82) is 0 Å². The molecule has 0 aliphatic carbocycles. The minimum absolute atomic E-state index is 0.00309. The van der Waals surface area contributed by atoms with Crippen LogP contribution in [0.3, 0.4) is 0 Å². The van der Waals surface area contributed by atoms with Crippen LogP contribution in [0.2, 0.25) is 5.02 Å². The van der Waals surface area contributed by atoms with E-state index in [1.807, 2.05) is 0 Å². The third-order valence-electron chi connectivity index (χ3n) is 5.32. The number of halogens is 1. The van der Waals surface area contributed by atoms with E-state index in [0.29, 0.717) is 5.02 Å². The predicted molar refractivity (Wildman–Crippen MR) is 128 cm³/mol. The van der Waals surface area contributed by atoms with E-state index in [4.69, 9.17) is 16.3 Å². The second kappa shape index (κ2) is 9.28. The number of aromatic nitrogens is 1. The summed E-state index contributed by atoms with van der Waals surface area (Å²) in [5, 5.41) is 22.9. The number of anilines is 1. The summed E-state index contributed by atoms with van der Waals surface area (Å²) < 4.78 is 4.75. The van der Waals surface area contributed by atoms with Crippen LogP contribution in [0.4, 0.5) is 10.8 Å². The van der Waals surface area contributed by atoms with Gasteiger partial charge in [0.15, 0.2) is 5.13 Å². The number of hydrogen-bond donors (Lipinski definition) is 1. The number of non-ortho nitro benzene ring substituents is 1. The molecule has 1 fully saturated rings. The molecule has 1 aliphatic heterocycles. The van der Waals surface area contributed by atoms with Crippen molar-refractivity contribution in [2.75, 3.05) is 12.0 Å². The maximum atomic E-state index is 13.2. The molecule has 1 amide bonds. The Kier molecular flexibility index (Phi) is 6.37. The Morgan fingerprint density at radius 1 is 1.23 bits per heavy atom. The molecule has 12 heteroatoms. The van der Waals surface area contributed by atoms with E-state index in [-0.39, 0.29) is 38.1 Å². The summed E-state index contributed by atoms with van der Waals surface area (Å²) in [5.41, 5.74) is 0.125. The Labute approximate surface area is 207 Å². The standard InChI is InChI=1S/C23H16ClN3O7S/c1-11-20(22(31)34-2)35-23(25-11)26-17(13-4-3-5-15(10-13)27(32)33)16(19(29)21(26)30)18(28)12-6-8-14(24)9-7-12/h3-10,17,28H,1-2H3/b18-16+/t17-/m0/s1. The molecular weight excluding hydrogens is 498 g/mol. The lowest BCUT2D eigenvalue weighted by molar-refractivity contribution is -0.384. The van der Waals surface area contributed by atoms with Crippen LogP contribution in [-0.2, 0) is 14.3 Å². The molecule has 10 nitrogen and oxygen atoms in total. The molecule has 1 atom stereocenters. The summed E-state index contributed by atoms with van der Waals surface area (Å²) in [5.74, 6) is -3.18. The van der Waals surface area contributed by atoms with Crippen LogP contribution >= 0.6 is 22.9 Å². The largest absolute Gasteiger partial charge is 0.507 e. The Morgan fingerprint density at radius 2 is 1.91 bits per heavy atom. The van der Waals surface area contributed by atoms with Crippen LogP contribution in [0.15, 0.2) is 54.1 Å². The molecule has 0 radical (unpaired) electrons. The molecular formula is C23H16ClN3O7S. The van der Waals surface area contributed by atoms with Crippen LogP contribution in [0.25, 0.3) is 5.76 Å². The zero-order valence-electron chi connectivity index (χ0n) is 18.2. The second-order valence-corrected chi connectivity index (χ2v) is 8.84. The van der Waals surface area contributed by atoms with Crippen molar-refractivity contribution in [1.82, 2.24) is 4.98 Å². The minimum Gasteiger partial charge on any atom is -0.507 e. The summed E-state index contributed by atoms with van der Waals surface area (Å²) in [4.78, 5) is 54.7. The summed E-state index contributed by atoms with van der Waals surface area (Å²) in [6, 6.07) is 10.1. The molecule has 1 aromatic heterocycles. The number of rotatable bonds is 5. The third-order valence-corrected chi connectivity index (χ3v) is 6.71. The monoisotopic (exact) mass is 513 g/mol. The van der Waals surface area contributed by atoms with E-state index in [0.717, 1.165) is 16.2 Å². The number of nitrogens with zero attached hydrogens (tertiary/aromatic N) is 3. The molecule has 0 unspecified atom stereocenters. The van der Waals surface area contributed by atoms with Gasteiger partial charge in [-0.3, -0.25) is 24.6 Å². The van der Waals surface area contributed by atoms with E-state index >= 15 is 0 Å². The average Bonchev–Trinajstić information content (AvgIpc) is 3.35. The molecule has 2 aromatic carbocycles. The van der Waals surface area contributed by atoms with Crippen molar-refractivity contribution in [3.05, 3.63) is 90.9 Å². The van der Waals surface area contributed by atoms with Crippen LogP contribution in [0.1, 0.15) is 32.5 Å². The fraction of sp³-hybridized carbons (Fsp3) is 0.130. The molecule has 2 heterocycles. The van der Waals surface area contributed by atoms with Crippen LogP contribution in [0, 0.1) is 17.0 Å². The topological polar surface area (TPSA) is 140 Å². The molecule has 0 saturated carbocycles. The second-order valence-electron chi connectivity index (χ2n) is 7.43. The van der Waals surface area contributed by atoms with Gasteiger partial charge in [-0.2, -0.15) is 0 Å². The quantitative estimate of drug-likeness (QED) is 0.132. The SMILES string of the molecule is COC(=O)c1sc(N2C(=O)C(=O)/C(=C(/O)c3ccc(Cl)cc3)[C@@H]2c2cccc([N+](=O)[O-])c2)nc1C. The summed E-state index contributed by atoms with van der Waals surface area (Å²) >= 11 is 6.75. The molecule has 0 spiro atoms. The zero-order chi connectivity index (χ0) is 25.4. The highest BCUT2D eigenvalue weighted by atomic mass is 35.5. The molecule has 3 aromatic rings. The van der Waals surface area contributed by atoms with E-state index in [1.165, 1.54) is 55.6 Å². The number of aliphatic hydroxyl groups excluding tert-OH is 1. The number of aryl methyl sites for hydroxylation is 1. The number of aliphatic hydroxyl groups is 1. The number of benzene rings is 2. The minimum atomic E-state index is -1.25. The first kappa shape index (κ1) is 24.0. The Hall–Kier alpha value is -4.09. The first-order valence-corrected chi connectivity index (χ1v) is 11.2. The van der Waals surface area contributed by atoms with Crippen molar-refractivity contribution in [3.63, 3.8) is 0 Å². The number of ketones is 1. The van der Waals surface area contributed by atoms with Gasteiger partial charge in [0, 0.05) is 22.7 Å². The van der Waals surface area contributed by atoms with E-state index in [2.05, 4.69) is 4.98 Å². The normalized spacial score (nSPS) is 17.0. The highest BCUT2D eigenvalue weighted by molar-refractivity contribution is 7.17. The number of esters is 1. The van der Waals surface area contributed by atoms with Gasteiger partial charge in [-0.15, -0.1) is 0 Å². The van der Waals surface area contributed by atoms with Gasteiger partial charge in [0.1, 0.15) is 10.6 Å². The van der Waals surface area contributed by atoms with Gasteiger partial charge in [-0.05, 0) is 36.8 Å². The lowest BCUT2D eigenvalue weighted by Crippen LogP contribution is -2.29. The number of ether oxygens (including phenoxy) is 1. The fourth-order valence-electron chi connectivity index (χ4n) is 3.68. The summed E-state index contributed by atoms with van der Waals surface area (Å²) in [7, 11) is 1.20. The zero-order valence-corrected chi connectivity index (χ0v) is 19.8. The summed E-state index contributed by atoms with van der Waals surface area (Å²) in [6.45, 7) is 1.54. The molecule has 178 valence electrons.